The fourth-order valence-electron chi connectivity index (χ4n) is 4.14. The van der Waals surface area contributed by atoms with Gasteiger partial charge in [0.25, 0.3) is 5.91 Å². The van der Waals surface area contributed by atoms with Gasteiger partial charge in [0, 0.05) is 13.1 Å². The molecule has 1 aromatic carbocycles. The summed E-state index contributed by atoms with van der Waals surface area (Å²) in [6, 6.07) is 5.06. The van der Waals surface area contributed by atoms with Gasteiger partial charge in [-0.25, -0.2) is 4.39 Å². The maximum Gasteiger partial charge on any atom is 0.266 e. The number of nitrogens with zero attached hydrogens (tertiary/aromatic N) is 2. The van der Waals surface area contributed by atoms with Crippen molar-refractivity contribution in [2.24, 2.45) is 16.5 Å². The standard InChI is InChI=1S/C23H23FN4O3/c24-15-5-3-14(4-6-15)18-10-20(22(25)30)27-19-8-2-13(1-7-17(18)19)11-28-12-16(29)9-21(28)23(26)31/h1-8,10,16,19,21,29H,9,11-12H2,(H2,25,30)(H2,26,31). The van der Waals surface area contributed by atoms with E-state index >= 15 is 0 Å². The lowest BCUT2D eigenvalue weighted by Gasteiger charge is -2.22. The summed E-state index contributed by atoms with van der Waals surface area (Å²) in [7, 11) is 0. The van der Waals surface area contributed by atoms with Crippen LogP contribution in [-0.2, 0) is 9.59 Å². The molecule has 0 spiro atoms. The number of β-amino-alcohol motifs (C(OH)–C–C–N with tert-alkyl or cyclic N) is 1. The molecule has 8 heteroatoms. The summed E-state index contributed by atoms with van der Waals surface area (Å²) >= 11 is 0. The van der Waals surface area contributed by atoms with Crippen LogP contribution in [0.25, 0.3) is 5.57 Å². The van der Waals surface area contributed by atoms with Crippen LogP contribution in [0.4, 0.5) is 4.39 Å². The Hall–Kier alpha value is -3.36. The number of carbonyl (C=O) groups excluding carboxylic acids is 2. The fraction of sp³-hybridized carbons (Fsp3) is 0.261. The number of fused-ring (bicyclic) bond motifs is 1. The van der Waals surface area contributed by atoms with Crippen LogP contribution in [0, 0.1) is 5.82 Å². The Morgan fingerprint density at radius 1 is 1.19 bits per heavy atom. The summed E-state index contributed by atoms with van der Waals surface area (Å²) < 4.78 is 13.4. The van der Waals surface area contributed by atoms with Crippen molar-refractivity contribution in [1.29, 1.82) is 0 Å². The van der Waals surface area contributed by atoms with Crippen molar-refractivity contribution in [3.63, 3.8) is 0 Å². The number of hydrogen-bond donors (Lipinski definition) is 3. The molecule has 0 bridgehead atoms. The SMILES string of the molecule is NC(=O)C1=NC2C=CC(CN3CC(O)CC3C(N)=O)=CC=C2C(c2ccc(F)cc2)=C1. The second-order valence-corrected chi connectivity index (χ2v) is 7.85. The highest BCUT2D eigenvalue weighted by Crippen LogP contribution is 2.33. The highest BCUT2D eigenvalue weighted by molar-refractivity contribution is 6.44. The van der Waals surface area contributed by atoms with Gasteiger partial charge in [-0.2, -0.15) is 0 Å². The van der Waals surface area contributed by atoms with Crippen LogP contribution in [0.2, 0.25) is 0 Å². The Labute approximate surface area is 178 Å². The predicted octanol–water partition coefficient (Wildman–Crippen LogP) is 0.861. The smallest absolute Gasteiger partial charge is 0.266 e. The molecule has 3 unspecified atom stereocenters. The number of halogens is 1. The minimum Gasteiger partial charge on any atom is -0.392 e. The summed E-state index contributed by atoms with van der Waals surface area (Å²) in [5.74, 6) is -1.45. The van der Waals surface area contributed by atoms with Crippen LogP contribution >= 0.6 is 0 Å². The molecule has 1 fully saturated rings. The topological polar surface area (TPSA) is 122 Å². The van der Waals surface area contributed by atoms with Gasteiger partial charge in [0.15, 0.2) is 0 Å². The molecule has 2 aliphatic heterocycles. The van der Waals surface area contributed by atoms with Crippen LogP contribution in [0.5, 0.6) is 0 Å². The van der Waals surface area contributed by atoms with Gasteiger partial charge in [-0.3, -0.25) is 19.5 Å². The Kier molecular flexibility index (Phi) is 5.67. The maximum atomic E-state index is 13.4. The number of hydrogen-bond acceptors (Lipinski definition) is 5. The monoisotopic (exact) mass is 422 g/mol. The fourth-order valence-corrected chi connectivity index (χ4v) is 4.14. The van der Waals surface area contributed by atoms with Gasteiger partial charge in [-0.1, -0.05) is 36.4 Å². The number of nitrogens with two attached hydrogens (primary N) is 2. The highest BCUT2D eigenvalue weighted by Gasteiger charge is 2.35. The van der Waals surface area contributed by atoms with E-state index in [1.54, 1.807) is 18.2 Å². The van der Waals surface area contributed by atoms with E-state index in [0.29, 0.717) is 19.5 Å². The van der Waals surface area contributed by atoms with E-state index in [-0.39, 0.29) is 11.5 Å². The summed E-state index contributed by atoms with van der Waals surface area (Å²) in [6.07, 6.45) is 8.90. The minimum atomic E-state index is -0.639. The molecular weight excluding hydrogens is 399 g/mol. The molecule has 7 nitrogen and oxygen atoms in total. The van der Waals surface area contributed by atoms with E-state index in [1.165, 1.54) is 12.1 Å². The lowest BCUT2D eigenvalue weighted by atomic mass is 9.89. The van der Waals surface area contributed by atoms with E-state index < -0.39 is 30.0 Å². The quantitative estimate of drug-likeness (QED) is 0.651. The van der Waals surface area contributed by atoms with Crippen molar-refractivity contribution in [3.05, 3.63) is 77.2 Å². The number of dihydropyridines is 1. The molecule has 3 aliphatic rings. The summed E-state index contributed by atoms with van der Waals surface area (Å²) in [5, 5.41) is 9.94. The van der Waals surface area contributed by atoms with Crippen LogP contribution in [0.3, 0.4) is 0 Å². The van der Waals surface area contributed by atoms with Gasteiger partial charge in [-0.05, 0) is 46.9 Å². The van der Waals surface area contributed by atoms with E-state index in [2.05, 4.69) is 4.99 Å². The molecular formula is C23H23FN4O3. The molecule has 1 aromatic rings. The first-order valence-electron chi connectivity index (χ1n) is 9.98. The first kappa shape index (κ1) is 20.9. The van der Waals surface area contributed by atoms with E-state index in [1.807, 2.05) is 29.2 Å². The van der Waals surface area contributed by atoms with Gasteiger partial charge in [-0.15, -0.1) is 0 Å². The van der Waals surface area contributed by atoms with Gasteiger partial charge < -0.3 is 16.6 Å². The summed E-state index contributed by atoms with van der Waals surface area (Å²) in [6.45, 7) is 0.795. The number of rotatable bonds is 5. The van der Waals surface area contributed by atoms with Gasteiger partial charge in [0.05, 0.1) is 18.2 Å². The minimum absolute atomic E-state index is 0.144. The molecule has 31 heavy (non-hydrogen) atoms. The molecule has 4 rings (SSSR count). The molecule has 160 valence electrons. The number of amides is 2. The van der Waals surface area contributed by atoms with E-state index in [4.69, 9.17) is 11.5 Å². The Bertz CT molecular complexity index is 1070. The third-order valence-electron chi connectivity index (χ3n) is 5.66. The molecule has 1 saturated heterocycles. The van der Waals surface area contributed by atoms with E-state index in [0.717, 1.165) is 22.3 Å². The van der Waals surface area contributed by atoms with Gasteiger partial charge in [0.1, 0.15) is 11.5 Å². The summed E-state index contributed by atoms with van der Waals surface area (Å²) in [4.78, 5) is 29.9. The second kappa shape index (κ2) is 8.41. The van der Waals surface area contributed by atoms with Crippen molar-refractivity contribution < 1.29 is 19.1 Å². The first-order valence-corrected chi connectivity index (χ1v) is 9.98. The van der Waals surface area contributed by atoms with Crippen molar-refractivity contribution in [2.75, 3.05) is 13.1 Å². The molecule has 3 atom stereocenters. The number of primary amides is 2. The van der Waals surface area contributed by atoms with Crippen LogP contribution < -0.4 is 11.5 Å². The molecule has 5 N–H and O–H groups in total. The largest absolute Gasteiger partial charge is 0.392 e. The average Bonchev–Trinajstić information content (AvgIpc) is 2.98. The second-order valence-electron chi connectivity index (χ2n) is 7.85. The number of aliphatic imine (C=N–C) groups is 1. The average molecular weight is 422 g/mol. The molecule has 0 aromatic heterocycles. The third kappa shape index (κ3) is 4.40. The van der Waals surface area contributed by atoms with Crippen molar-refractivity contribution in [3.8, 4) is 0 Å². The van der Waals surface area contributed by atoms with Crippen LogP contribution in [0.15, 0.2) is 70.8 Å². The van der Waals surface area contributed by atoms with Gasteiger partial charge in [0.2, 0.25) is 5.91 Å². The van der Waals surface area contributed by atoms with Crippen molar-refractivity contribution in [2.45, 2.75) is 24.6 Å². The Morgan fingerprint density at radius 3 is 2.61 bits per heavy atom. The zero-order valence-electron chi connectivity index (χ0n) is 16.7. The van der Waals surface area contributed by atoms with E-state index in [9.17, 15) is 19.1 Å². The lowest BCUT2D eigenvalue weighted by Crippen LogP contribution is -2.41. The molecule has 2 heterocycles. The normalized spacial score (nSPS) is 25.7. The summed E-state index contributed by atoms with van der Waals surface area (Å²) in [5.41, 5.74) is 14.3. The van der Waals surface area contributed by atoms with Gasteiger partial charge >= 0.3 is 0 Å². The molecule has 2 amide bonds. The number of aliphatic hydroxyl groups is 1. The number of allylic oxidation sites excluding steroid dienone is 2. The van der Waals surface area contributed by atoms with Crippen molar-refractivity contribution in [1.82, 2.24) is 4.90 Å². The molecule has 0 saturated carbocycles. The predicted molar refractivity (Wildman–Crippen MR) is 115 cm³/mol. The van der Waals surface area contributed by atoms with Crippen LogP contribution in [-0.4, -0.2) is 58.8 Å². The highest BCUT2D eigenvalue weighted by atomic mass is 19.1. The number of aliphatic hydroxyl groups excluding tert-OH is 1. The molecule has 0 radical (unpaired) electrons. The Morgan fingerprint density at radius 2 is 1.94 bits per heavy atom. The Balaban J connectivity index is 1.67. The number of benzene rings is 1. The zero-order chi connectivity index (χ0) is 22.1. The number of carbonyl (C=O) groups is 2. The molecule has 1 aliphatic carbocycles. The van der Waals surface area contributed by atoms with Crippen molar-refractivity contribution >= 4 is 23.1 Å². The lowest BCUT2D eigenvalue weighted by molar-refractivity contribution is -0.122. The first-order chi connectivity index (χ1) is 14.8. The maximum absolute atomic E-state index is 13.4. The zero-order valence-corrected chi connectivity index (χ0v) is 16.7. The number of likely N-dealkylation sites (tertiary alicyclic amines) is 1. The third-order valence-corrected chi connectivity index (χ3v) is 5.66. The van der Waals surface area contributed by atoms with Crippen LogP contribution in [0.1, 0.15) is 12.0 Å².